The predicted octanol–water partition coefficient (Wildman–Crippen LogP) is 3.50. The highest BCUT2D eigenvalue weighted by atomic mass is 16.5. The molecular weight excluding hydrogens is 360 g/mol. The van der Waals surface area contributed by atoms with Crippen LogP contribution in [0.5, 0.6) is 17.2 Å². The summed E-state index contributed by atoms with van der Waals surface area (Å²) in [5.74, 6) is 1.87. The SMILES string of the molecule is COc1ccc(NC(=O)c2ccc(Nc3ccccc3OC)nn2)c(OC)c1. The van der Waals surface area contributed by atoms with E-state index >= 15 is 0 Å². The summed E-state index contributed by atoms with van der Waals surface area (Å²) >= 11 is 0. The summed E-state index contributed by atoms with van der Waals surface area (Å²) in [6.07, 6.45) is 0. The fourth-order valence-corrected chi connectivity index (χ4v) is 2.49. The van der Waals surface area contributed by atoms with Crippen molar-refractivity contribution >= 4 is 23.1 Å². The number of nitrogens with one attached hydrogen (secondary N) is 2. The van der Waals surface area contributed by atoms with Crippen molar-refractivity contribution in [2.45, 2.75) is 0 Å². The van der Waals surface area contributed by atoms with E-state index < -0.39 is 5.91 Å². The van der Waals surface area contributed by atoms with Crippen molar-refractivity contribution in [3.63, 3.8) is 0 Å². The molecule has 0 atom stereocenters. The molecule has 0 bridgehead atoms. The van der Waals surface area contributed by atoms with E-state index in [9.17, 15) is 4.79 Å². The summed E-state index contributed by atoms with van der Waals surface area (Å²) in [5.41, 5.74) is 1.43. The standard InChI is InChI=1S/C20H20N4O4/c1-26-13-8-9-15(18(12-13)28-3)22-20(25)16-10-11-19(24-23-16)21-14-6-4-5-7-17(14)27-2/h4-12H,1-3H3,(H,21,24)(H,22,25). The molecule has 28 heavy (non-hydrogen) atoms. The zero-order valence-corrected chi connectivity index (χ0v) is 15.7. The number of ether oxygens (including phenoxy) is 3. The Bertz CT molecular complexity index is 961. The van der Waals surface area contributed by atoms with Crippen LogP contribution in [-0.4, -0.2) is 37.4 Å². The second kappa shape index (κ2) is 8.72. The molecule has 1 heterocycles. The van der Waals surface area contributed by atoms with Crippen molar-refractivity contribution in [1.29, 1.82) is 0 Å². The number of hydrogen-bond acceptors (Lipinski definition) is 7. The van der Waals surface area contributed by atoms with Crippen LogP contribution in [0.4, 0.5) is 17.2 Å². The Morgan fingerprint density at radius 3 is 2.29 bits per heavy atom. The summed E-state index contributed by atoms with van der Waals surface area (Å²) in [5, 5.41) is 13.9. The molecule has 2 aromatic carbocycles. The number of hydrogen-bond donors (Lipinski definition) is 2. The summed E-state index contributed by atoms with van der Waals surface area (Å²) in [6.45, 7) is 0. The van der Waals surface area contributed by atoms with Crippen LogP contribution in [0.2, 0.25) is 0 Å². The molecular formula is C20H20N4O4. The molecule has 0 aliphatic rings. The topological polar surface area (TPSA) is 94.6 Å². The van der Waals surface area contributed by atoms with Crippen LogP contribution in [-0.2, 0) is 0 Å². The van der Waals surface area contributed by atoms with Gasteiger partial charge in [-0.05, 0) is 36.4 Å². The quantitative estimate of drug-likeness (QED) is 0.648. The van der Waals surface area contributed by atoms with Crippen molar-refractivity contribution < 1.29 is 19.0 Å². The van der Waals surface area contributed by atoms with Crippen LogP contribution in [0.25, 0.3) is 0 Å². The minimum atomic E-state index is -0.403. The van der Waals surface area contributed by atoms with E-state index in [2.05, 4.69) is 20.8 Å². The van der Waals surface area contributed by atoms with E-state index in [4.69, 9.17) is 14.2 Å². The molecule has 0 unspecified atom stereocenters. The molecule has 8 heteroatoms. The maximum absolute atomic E-state index is 12.5. The fraction of sp³-hybridized carbons (Fsp3) is 0.150. The van der Waals surface area contributed by atoms with Gasteiger partial charge in [-0.1, -0.05) is 12.1 Å². The Balaban J connectivity index is 1.72. The number of para-hydroxylation sites is 2. The van der Waals surface area contributed by atoms with Crippen molar-refractivity contribution in [3.05, 3.63) is 60.3 Å². The normalized spacial score (nSPS) is 10.1. The van der Waals surface area contributed by atoms with Gasteiger partial charge in [-0.2, -0.15) is 0 Å². The Labute approximate surface area is 162 Å². The first-order chi connectivity index (χ1) is 13.6. The first kappa shape index (κ1) is 19.0. The molecule has 0 spiro atoms. The van der Waals surface area contributed by atoms with Crippen molar-refractivity contribution in [2.75, 3.05) is 32.0 Å². The van der Waals surface area contributed by atoms with Crippen LogP contribution < -0.4 is 24.8 Å². The highest BCUT2D eigenvalue weighted by Gasteiger charge is 2.13. The summed E-state index contributed by atoms with van der Waals surface area (Å²) in [4.78, 5) is 12.5. The first-order valence-corrected chi connectivity index (χ1v) is 8.41. The molecule has 2 N–H and O–H groups in total. The number of anilines is 3. The molecule has 3 rings (SSSR count). The molecule has 0 aliphatic carbocycles. The smallest absolute Gasteiger partial charge is 0.276 e. The number of aromatic nitrogens is 2. The zero-order chi connectivity index (χ0) is 19.9. The molecule has 0 saturated heterocycles. The third-order valence-electron chi connectivity index (χ3n) is 3.92. The third-order valence-corrected chi connectivity index (χ3v) is 3.92. The Hall–Kier alpha value is -3.81. The minimum Gasteiger partial charge on any atom is -0.497 e. The van der Waals surface area contributed by atoms with Gasteiger partial charge in [0.15, 0.2) is 11.5 Å². The van der Waals surface area contributed by atoms with E-state index in [1.54, 1.807) is 44.6 Å². The summed E-state index contributed by atoms with van der Waals surface area (Å²) < 4.78 is 15.7. The van der Waals surface area contributed by atoms with Gasteiger partial charge < -0.3 is 24.8 Å². The maximum Gasteiger partial charge on any atom is 0.276 e. The van der Waals surface area contributed by atoms with Crippen LogP contribution in [0.1, 0.15) is 10.5 Å². The zero-order valence-electron chi connectivity index (χ0n) is 15.7. The number of benzene rings is 2. The predicted molar refractivity (Wildman–Crippen MR) is 106 cm³/mol. The molecule has 0 aliphatic heterocycles. The average molecular weight is 380 g/mol. The monoisotopic (exact) mass is 380 g/mol. The second-order valence-electron chi connectivity index (χ2n) is 5.65. The number of carbonyl (C=O) groups is 1. The third kappa shape index (κ3) is 4.29. The molecule has 3 aromatic rings. The number of amides is 1. The highest BCUT2D eigenvalue weighted by Crippen LogP contribution is 2.29. The van der Waals surface area contributed by atoms with Crippen LogP contribution in [0.3, 0.4) is 0 Å². The van der Waals surface area contributed by atoms with Gasteiger partial charge in [-0.3, -0.25) is 4.79 Å². The highest BCUT2D eigenvalue weighted by molar-refractivity contribution is 6.03. The van der Waals surface area contributed by atoms with Crippen LogP contribution in [0, 0.1) is 0 Å². The first-order valence-electron chi connectivity index (χ1n) is 8.41. The molecule has 0 radical (unpaired) electrons. The molecule has 1 amide bonds. The number of rotatable bonds is 7. The van der Waals surface area contributed by atoms with Crippen molar-refractivity contribution in [3.8, 4) is 17.2 Å². The molecule has 0 saturated carbocycles. The van der Waals surface area contributed by atoms with Gasteiger partial charge in [-0.15, -0.1) is 10.2 Å². The van der Waals surface area contributed by atoms with Crippen molar-refractivity contribution in [2.24, 2.45) is 0 Å². The van der Waals surface area contributed by atoms with E-state index in [1.807, 2.05) is 24.3 Å². The van der Waals surface area contributed by atoms with Gasteiger partial charge in [0.25, 0.3) is 5.91 Å². The van der Waals surface area contributed by atoms with Gasteiger partial charge in [-0.25, -0.2) is 0 Å². The van der Waals surface area contributed by atoms with E-state index in [-0.39, 0.29) is 5.69 Å². The second-order valence-corrected chi connectivity index (χ2v) is 5.65. The number of nitrogens with zero attached hydrogens (tertiary/aromatic N) is 2. The maximum atomic E-state index is 12.5. The molecule has 1 aromatic heterocycles. The number of carbonyl (C=O) groups excluding carboxylic acids is 1. The number of methoxy groups -OCH3 is 3. The van der Waals surface area contributed by atoms with Gasteiger partial charge in [0, 0.05) is 6.07 Å². The summed E-state index contributed by atoms with van der Waals surface area (Å²) in [7, 11) is 4.67. The lowest BCUT2D eigenvalue weighted by molar-refractivity contribution is 0.102. The lowest BCUT2D eigenvalue weighted by atomic mass is 10.2. The Kier molecular flexibility index (Phi) is 5.91. The van der Waals surface area contributed by atoms with E-state index in [1.165, 1.54) is 7.11 Å². The lowest BCUT2D eigenvalue weighted by Crippen LogP contribution is -2.15. The fourth-order valence-electron chi connectivity index (χ4n) is 2.49. The Morgan fingerprint density at radius 2 is 1.61 bits per heavy atom. The van der Waals surface area contributed by atoms with E-state index in [0.717, 1.165) is 5.69 Å². The minimum absolute atomic E-state index is 0.170. The van der Waals surface area contributed by atoms with Crippen LogP contribution >= 0.6 is 0 Å². The van der Waals surface area contributed by atoms with Gasteiger partial charge in [0.1, 0.15) is 17.2 Å². The van der Waals surface area contributed by atoms with Crippen molar-refractivity contribution in [1.82, 2.24) is 10.2 Å². The molecule has 0 fully saturated rings. The van der Waals surface area contributed by atoms with E-state index in [0.29, 0.717) is 28.8 Å². The van der Waals surface area contributed by atoms with Crippen LogP contribution in [0.15, 0.2) is 54.6 Å². The molecule has 144 valence electrons. The van der Waals surface area contributed by atoms with Gasteiger partial charge in [0.2, 0.25) is 0 Å². The summed E-state index contributed by atoms with van der Waals surface area (Å²) in [6, 6.07) is 15.8. The van der Waals surface area contributed by atoms with Gasteiger partial charge in [0.05, 0.1) is 32.7 Å². The molecule has 8 nitrogen and oxygen atoms in total. The van der Waals surface area contributed by atoms with Gasteiger partial charge >= 0.3 is 0 Å². The lowest BCUT2D eigenvalue weighted by Gasteiger charge is -2.12. The largest absolute Gasteiger partial charge is 0.497 e. The Morgan fingerprint density at radius 1 is 0.821 bits per heavy atom. The average Bonchev–Trinajstić information content (AvgIpc) is 2.74.